The summed E-state index contributed by atoms with van der Waals surface area (Å²) < 4.78 is 0. The number of carbonyl (C=O) groups excluding carboxylic acids is 3. The Morgan fingerprint density at radius 3 is 2.32 bits per heavy atom. The van der Waals surface area contributed by atoms with E-state index >= 15 is 0 Å². The summed E-state index contributed by atoms with van der Waals surface area (Å²) in [5.41, 5.74) is 1.78. The fraction of sp³-hybridized carbons (Fsp3) is 0.464. The van der Waals surface area contributed by atoms with E-state index in [0.29, 0.717) is 43.3 Å². The molecule has 0 saturated carbocycles. The summed E-state index contributed by atoms with van der Waals surface area (Å²) in [5.74, 6) is -0.00114. The minimum absolute atomic E-state index is 0.0201. The Balaban J connectivity index is 1.30. The normalized spacial score (nSPS) is 19.5. The van der Waals surface area contributed by atoms with Crippen molar-refractivity contribution in [3.8, 4) is 0 Å². The molecule has 196 valence electrons. The number of nitrogens with one attached hydrogen (secondary N) is 1. The lowest BCUT2D eigenvalue weighted by molar-refractivity contribution is -0.141. The Morgan fingerprint density at radius 2 is 1.65 bits per heavy atom. The highest BCUT2D eigenvalue weighted by molar-refractivity contribution is 6.31. The van der Waals surface area contributed by atoms with Gasteiger partial charge in [0.1, 0.15) is 12.1 Å². The van der Waals surface area contributed by atoms with E-state index in [1.54, 1.807) is 15.9 Å². The molecule has 0 aromatic heterocycles. The predicted molar refractivity (Wildman–Crippen MR) is 145 cm³/mol. The van der Waals surface area contributed by atoms with Crippen molar-refractivity contribution in [3.05, 3.63) is 59.1 Å². The van der Waals surface area contributed by atoms with Gasteiger partial charge in [-0.15, -0.1) is 0 Å². The van der Waals surface area contributed by atoms with Crippen LogP contribution in [0.2, 0.25) is 5.02 Å². The van der Waals surface area contributed by atoms with Gasteiger partial charge in [0.05, 0.1) is 6.67 Å². The van der Waals surface area contributed by atoms with Crippen LogP contribution in [0.4, 0.5) is 16.2 Å². The number of piperidine rings is 2. The van der Waals surface area contributed by atoms with Gasteiger partial charge in [0.2, 0.25) is 5.91 Å². The van der Waals surface area contributed by atoms with E-state index in [2.05, 4.69) is 10.2 Å². The van der Waals surface area contributed by atoms with Crippen molar-refractivity contribution in [2.45, 2.75) is 44.6 Å². The number of hydrogen-bond acceptors (Lipinski definition) is 4. The first kappa shape index (κ1) is 25.4. The predicted octanol–water partition coefficient (Wildman–Crippen LogP) is 4.33. The minimum Gasteiger partial charge on any atom is -0.341 e. The van der Waals surface area contributed by atoms with Crippen LogP contribution < -0.4 is 10.2 Å². The van der Waals surface area contributed by atoms with Crippen LogP contribution in [-0.2, 0) is 9.59 Å². The standard InChI is InChI=1S/C28H34ClN5O3/c1-21-10-11-22(18-24(21)29)30-27(37)32-16-12-28(13-17-32)26(36)33(19-25(35)31-14-6-3-7-15-31)20-34(28)23-8-4-2-5-9-23/h2,4-5,8-11,18H,3,6-7,12-17,19-20H2,1H3,(H,30,37). The molecule has 0 bridgehead atoms. The Kier molecular flexibility index (Phi) is 7.29. The minimum atomic E-state index is -0.770. The third-order valence-corrected chi connectivity index (χ3v) is 8.32. The average molecular weight is 524 g/mol. The molecule has 0 atom stereocenters. The molecule has 37 heavy (non-hydrogen) atoms. The lowest BCUT2D eigenvalue weighted by atomic mass is 9.85. The van der Waals surface area contributed by atoms with Crippen molar-refractivity contribution < 1.29 is 14.4 Å². The Morgan fingerprint density at radius 1 is 0.946 bits per heavy atom. The van der Waals surface area contributed by atoms with Crippen LogP contribution in [0.1, 0.15) is 37.7 Å². The van der Waals surface area contributed by atoms with Gasteiger partial charge in [-0.05, 0) is 68.9 Å². The summed E-state index contributed by atoms with van der Waals surface area (Å²) in [5, 5.41) is 3.53. The van der Waals surface area contributed by atoms with Gasteiger partial charge in [-0.1, -0.05) is 35.9 Å². The zero-order valence-electron chi connectivity index (χ0n) is 21.3. The summed E-state index contributed by atoms with van der Waals surface area (Å²) in [6, 6.07) is 15.1. The molecule has 5 rings (SSSR count). The monoisotopic (exact) mass is 523 g/mol. The number of rotatable bonds is 4. The van der Waals surface area contributed by atoms with Gasteiger partial charge in [-0.3, -0.25) is 9.59 Å². The molecular weight excluding hydrogens is 490 g/mol. The van der Waals surface area contributed by atoms with Crippen LogP contribution in [0, 0.1) is 6.92 Å². The van der Waals surface area contributed by atoms with Crippen molar-refractivity contribution in [3.63, 3.8) is 0 Å². The maximum atomic E-state index is 13.9. The molecule has 2 aromatic rings. The van der Waals surface area contributed by atoms with Gasteiger partial charge in [0.25, 0.3) is 5.91 Å². The molecule has 8 nitrogen and oxygen atoms in total. The van der Waals surface area contributed by atoms with Gasteiger partial charge in [0.15, 0.2) is 0 Å². The van der Waals surface area contributed by atoms with Gasteiger partial charge in [-0.25, -0.2) is 4.79 Å². The van der Waals surface area contributed by atoms with Crippen LogP contribution in [0.25, 0.3) is 0 Å². The second-order valence-electron chi connectivity index (χ2n) is 10.3. The van der Waals surface area contributed by atoms with Crippen molar-refractivity contribution in [2.75, 3.05) is 49.6 Å². The maximum Gasteiger partial charge on any atom is 0.321 e. The highest BCUT2D eigenvalue weighted by Crippen LogP contribution is 2.39. The topological polar surface area (TPSA) is 76.2 Å². The molecule has 3 aliphatic heterocycles. The summed E-state index contributed by atoms with van der Waals surface area (Å²) in [7, 11) is 0. The Bertz CT molecular complexity index is 1160. The molecule has 2 aromatic carbocycles. The molecule has 0 aliphatic carbocycles. The van der Waals surface area contributed by atoms with E-state index < -0.39 is 5.54 Å². The first-order valence-electron chi connectivity index (χ1n) is 13.1. The number of hydrogen-bond donors (Lipinski definition) is 1. The number of benzene rings is 2. The van der Waals surface area contributed by atoms with E-state index in [1.165, 1.54) is 0 Å². The highest BCUT2D eigenvalue weighted by atomic mass is 35.5. The van der Waals surface area contributed by atoms with Crippen molar-refractivity contribution in [2.24, 2.45) is 0 Å². The summed E-state index contributed by atoms with van der Waals surface area (Å²) in [6.07, 6.45) is 4.19. The van der Waals surface area contributed by atoms with Crippen LogP contribution in [0.15, 0.2) is 48.5 Å². The number of likely N-dealkylation sites (tertiary alicyclic amines) is 2. The number of anilines is 2. The lowest BCUT2D eigenvalue weighted by Crippen LogP contribution is -2.58. The molecule has 1 spiro atoms. The largest absolute Gasteiger partial charge is 0.341 e. The number of para-hydroxylation sites is 1. The molecular formula is C28H34ClN5O3. The van der Waals surface area contributed by atoms with Gasteiger partial charge < -0.3 is 24.9 Å². The molecule has 3 fully saturated rings. The zero-order valence-corrected chi connectivity index (χ0v) is 22.0. The van der Waals surface area contributed by atoms with E-state index in [1.807, 2.05) is 54.3 Å². The highest BCUT2D eigenvalue weighted by Gasteiger charge is 2.54. The van der Waals surface area contributed by atoms with Crippen molar-refractivity contribution in [1.82, 2.24) is 14.7 Å². The van der Waals surface area contributed by atoms with Crippen LogP contribution in [-0.4, -0.2) is 77.5 Å². The first-order valence-corrected chi connectivity index (χ1v) is 13.5. The molecule has 3 saturated heterocycles. The van der Waals surface area contributed by atoms with Crippen molar-refractivity contribution in [1.29, 1.82) is 0 Å². The van der Waals surface area contributed by atoms with E-state index in [9.17, 15) is 14.4 Å². The third-order valence-electron chi connectivity index (χ3n) is 7.92. The second-order valence-corrected chi connectivity index (χ2v) is 10.7. The third kappa shape index (κ3) is 5.12. The summed E-state index contributed by atoms with van der Waals surface area (Å²) >= 11 is 6.21. The first-order chi connectivity index (χ1) is 17.9. The van der Waals surface area contributed by atoms with Gasteiger partial charge in [-0.2, -0.15) is 0 Å². The molecule has 3 heterocycles. The maximum absolute atomic E-state index is 13.9. The fourth-order valence-electron chi connectivity index (χ4n) is 5.68. The van der Waals surface area contributed by atoms with E-state index in [4.69, 9.17) is 11.6 Å². The molecule has 4 amide bonds. The number of amides is 4. The quantitative estimate of drug-likeness (QED) is 0.647. The smallest absolute Gasteiger partial charge is 0.321 e. The Hall–Kier alpha value is -3.26. The zero-order chi connectivity index (χ0) is 26.0. The lowest BCUT2D eigenvalue weighted by Gasteiger charge is -2.43. The molecule has 0 unspecified atom stereocenters. The van der Waals surface area contributed by atoms with Crippen molar-refractivity contribution >= 4 is 40.8 Å². The van der Waals surface area contributed by atoms with Gasteiger partial charge in [0, 0.05) is 42.6 Å². The SMILES string of the molecule is Cc1ccc(NC(=O)N2CCC3(CC2)C(=O)N(CC(=O)N2CCCCC2)CN3c2ccccc2)cc1Cl. The average Bonchev–Trinajstić information content (AvgIpc) is 3.18. The summed E-state index contributed by atoms with van der Waals surface area (Å²) in [4.78, 5) is 47.4. The van der Waals surface area contributed by atoms with E-state index in [0.717, 1.165) is 43.6 Å². The summed E-state index contributed by atoms with van der Waals surface area (Å²) in [6.45, 7) is 4.80. The van der Waals surface area contributed by atoms with Gasteiger partial charge >= 0.3 is 6.03 Å². The number of aryl methyl sites for hydroxylation is 1. The van der Waals surface area contributed by atoms with E-state index in [-0.39, 0.29) is 24.4 Å². The number of urea groups is 1. The molecule has 1 N–H and O–H groups in total. The second kappa shape index (κ2) is 10.6. The number of halogens is 1. The number of nitrogens with zero attached hydrogens (tertiary/aromatic N) is 4. The Labute approximate surface area is 223 Å². The molecule has 0 radical (unpaired) electrons. The molecule has 9 heteroatoms. The molecule has 3 aliphatic rings. The van der Waals surface area contributed by atoms with Crippen LogP contribution >= 0.6 is 11.6 Å². The number of carbonyl (C=O) groups is 3. The van der Waals surface area contributed by atoms with Crippen LogP contribution in [0.5, 0.6) is 0 Å². The fourth-order valence-corrected chi connectivity index (χ4v) is 5.86. The van der Waals surface area contributed by atoms with Crippen LogP contribution in [0.3, 0.4) is 0 Å².